The Balaban J connectivity index is 1.95. The Morgan fingerprint density at radius 1 is 1.62 bits per heavy atom. The molecule has 110 valence electrons. The second-order valence-corrected chi connectivity index (χ2v) is 6.35. The lowest BCUT2D eigenvalue weighted by Gasteiger charge is -2.47. The average Bonchev–Trinajstić information content (AvgIpc) is 2.45. The Bertz CT molecular complexity index is 659. The number of carboxylic acid groups (broad SMARTS) is 1. The molecule has 1 saturated heterocycles. The molecule has 0 aliphatic carbocycles. The molecular weight excluding hydrogens is 290 g/mol. The van der Waals surface area contributed by atoms with Crippen molar-refractivity contribution in [3.05, 3.63) is 41.4 Å². The van der Waals surface area contributed by atoms with E-state index >= 15 is 0 Å². The van der Waals surface area contributed by atoms with Crippen LogP contribution in [0.4, 0.5) is 0 Å². The number of fused-ring (bicyclic) bond motifs is 1. The normalized spacial score (nSPS) is 24.7. The van der Waals surface area contributed by atoms with Crippen LogP contribution in [0.1, 0.15) is 5.56 Å². The SMILES string of the molecule is Cc1ccc[n+](CC2=C(C(=O)O)N3C(=O)C(N)C3SC2)c1. The van der Waals surface area contributed by atoms with E-state index in [9.17, 15) is 14.7 Å². The van der Waals surface area contributed by atoms with E-state index in [-0.39, 0.29) is 17.0 Å². The number of carboxylic acids is 1. The van der Waals surface area contributed by atoms with Crippen molar-refractivity contribution in [1.82, 2.24) is 4.90 Å². The Labute approximate surface area is 126 Å². The van der Waals surface area contributed by atoms with Crippen molar-refractivity contribution in [1.29, 1.82) is 0 Å². The number of nitrogens with two attached hydrogens (primary N) is 1. The van der Waals surface area contributed by atoms with E-state index in [0.717, 1.165) is 11.1 Å². The second-order valence-electron chi connectivity index (χ2n) is 5.25. The third kappa shape index (κ3) is 2.32. The van der Waals surface area contributed by atoms with E-state index in [1.54, 1.807) is 0 Å². The van der Waals surface area contributed by atoms with Gasteiger partial charge in [-0.3, -0.25) is 9.69 Å². The van der Waals surface area contributed by atoms with Crippen LogP contribution in [0.15, 0.2) is 35.8 Å². The molecule has 7 heteroatoms. The molecule has 0 aromatic carbocycles. The molecule has 0 spiro atoms. The molecule has 2 aliphatic heterocycles. The summed E-state index contributed by atoms with van der Waals surface area (Å²) in [4.78, 5) is 24.7. The van der Waals surface area contributed by atoms with Crippen LogP contribution in [0.3, 0.4) is 0 Å². The maximum Gasteiger partial charge on any atom is 0.352 e. The molecule has 3 heterocycles. The molecule has 0 saturated carbocycles. The second kappa shape index (κ2) is 5.16. The van der Waals surface area contributed by atoms with Crippen LogP contribution < -0.4 is 10.3 Å². The van der Waals surface area contributed by atoms with Crippen molar-refractivity contribution in [3.8, 4) is 0 Å². The number of aryl methyl sites for hydroxylation is 1. The maximum atomic E-state index is 11.8. The van der Waals surface area contributed by atoms with Crippen molar-refractivity contribution in [3.63, 3.8) is 0 Å². The summed E-state index contributed by atoms with van der Waals surface area (Å²) in [6.07, 6.45) is 3.84. The molecular formula is C14H16N3O3S+. The molecule has 1 fully saturated rings. The summed E-state index contributed by atoms with van der Waals surface area (Å²) in [6, 6.07) is 3.31. The molecule has 6 nitrogen and oxygen atoms in total. The van der Waals surface area contributed by atoms with Gasteiger partial charge >= 0.3 is 5.97 Å². The van der Waals surface area contributed by atoms with Gasteiger partial charge in [0.25, 0.3) is 0 Å². The zero-order valence-electron chi connectivity index (χ0n) is 11.5. The summed E-state index contributed by atoms with van der Waals surface area (Å²) < 4.78 is 1.93. The van der Waals surface area contributed by atoms with E-state index in [2.05, 4.69) is 0 Å². The van der Waals surface area contributed by atoms with Crippen LogP contribution in [0, 0.1) is 6.92 Å². The molecule has 1 aromatic heterocycles. The highest BCUT2D eigenvalue weighted by atomic mass is 32.2. The first kappa shape index (κ1) is 14.1. The number of β-lactam (4-membered cyclic amide) rings is 1. The minimum atomic E-state index is -1.07. The molecule has 1 amide bonds. The number of aliphatic carboxylic acids is 1. The van der Waals surface area contributed by atoms with Gasteiger partial charge in [0.2, 0.25) is 5.91 Å². The maximum absolute atomic E-state index is 11.8. The van der Waals surface area contributed by atoms with Crippen LogP contribution >= 0.6 is 11.8 Å². The van der Waals surface area contributed by atoms with Gasteiger partial charge in [-0.15, -0.1) is 11.8 Å². The minimum Gasteiger partial charge on any atom is -0.477 e. The Kier molecular flexibility index (Phi) is 3.46. The molecule has 0 bridgehead atoms. The van der Waals surface area contributed by atoms with Gasteiger partial charge in [0, 0.05) is 23.0 Å². The first-order chi connectivity index (χ1) is 9.99. The first-order valence-electron chi connectivity index (χ1n) is 6.60. The number of hydrogen-bond acceptors (Lipinski definition) is 4. The predicted molar refractivity (Wildman–Crippen MR) is 77.1 cm³/mol. The highest BCUT2D eigenvalue weighted by molar-refractivity contribution is 8.00. The van der Waals surface area contributed by atoms with Crippen LogP contribution in [-0.2, 0) is 16.1 Å². The largest absolute Gasteiger partial charge is 0.477 e. The molecule has 1 aromatic rings. The van der Waals surface area contributed by atoms with Gasteiger partial charge in [-0.25, -0.2) is 9.36 Å². The predicted octanol–water partition coefficient (Wildman–Crippen LogP) is -0.136. The molecule has 21 heavy (non-hydrogen) atoms. The van der Waals surface area contributed by atoms with Crippen LogP contribution in [-0.4, -0.2) is 39.1 Å². The summed E-state index contributed by atoms with van der Waals surface area (Å²) >= 11 is 1.52. The van der Waals surface area contributed by atoms with Crippen molar-refractivity contribution in [2.45, 2.75) is 24.9 Å². The Hall–Kier alpha value is -1.86. The first-order valence-corrected chi connectivity index (χ1v) is 7.65. The van der Waals surface area contributed by atoms with Gasteiger partial charge in [-0.05, 0) is 13.0 Å². The fourth-order valence-electron chi connectivity index (χ4n) is 2.67. The smallest absolute Gasteiger partial charge is 0.352 e. The molecule has 3 rings (SSSR count). The number of rotatable bonds is 3. The number of carbonyl (C=O) groups excluding carboxylic acids is 1. The van der Waals surface area contributed by atoms with Gasteiger partial charge < -0.3 is 10.8 Å². The average molecular weight is 306 g/mol. The number of amides is 1. The van der Waals surface area contributed by atoms with Crippen molar-refractivity contribution < 1.29 is 19.3 Å². The summed E-state index contributed by atoms with van der Waals surface area (Å²) in [5, 5.41) is 9.22. The van der Waals surface area contributed by atoms with Gasteiger partial charge in [-0.1, -0.05) is 0 Å². The summed E-state index contributed by atoms with van der Waals surface area (Å²) in [5.41, 5.74) is 7.65. The zero-order chi connectivity index (χ0) is 15.1. The monoisotopic (exact) mass is 306 g/mol. The summed E-state index contributed by atoms with van der Waals surface area (Å²) in [6.45, 7) is 2.44. The summed E-state index contributed by atoms with van der Waals surface area (Å²) in [7, 11) is 0. The molecule has 2 atom stereocenters. The zero-order valence-corrected chi connectivity index (χ0v) is 12.3. The lowest BCUT2D eigenvalue weighted by atomic mass is 10.0. The van der Waals surface area contributed by atoms with Crippen molar-refractivity contribution in [2.75, 3.05) is 5.75 Å². The topological polar surface area (TPSA) is 87.5 Å². The van der Waals surface area contributed by atoms with E-state index in [1.807, 2.05) is 36.0 Å². The van der Waals surface area contributed by atoms with Gasteiger partial charge in [0.05, 0.1) is 0 Å². The fourth-order valence-corrected chi connectivity index (χ4v) is 3.96. The standard InChI is InChI=1S/C14H15N3O3S/c1-8-3-2-4-16(5-8)6-9-7-21-13-10(15)12(18)17(13)11(9)14(19)20/h2-5,10,13H,6-7,15H2,1H3/p+1. The fraction of sp³-hybridized carbons (Fsp3) is 0.357. The number of pyridine rings is 1. The lowest BCUT2D eigenvalue weighted by molar-refractivity contribution is -0.689. The molecule has 2 unspecified atom stereocenters. The summed E-state index contributed by atoms with van der Waals surface area (Å²) in [5.74, 6) is -0.801. The van der Waals surface area contributed by atoms with E-state index in [4.69, 9.17) is 5.73 Å². The number of hydrogen-bond donors (Lipinski definition) is 2. The Morgan fingerprint density at radius 3 is 3.05 bits per heavy atom. The highest BCUT2D eigenvalue weighted by Crippen LogP contribution is 2.39. The third-order valence-electron chi connectivity index (χ3n) is 3.67. The quantitative estimate of drug-likeness (QED) is 0.600. The van der Waals surface area contributed by atoms with Crippen LogP contribution in [0.5, 0.6) is 0 Å². The third-order valence-corrected chi connectivity index (χ3v) is 5.03. The van der Waals surface area contributed by atoms with Crippen LogP contribution in [0.25, 0.3) is 0 Å². The molecule has 2 aliphatic rings. The number of nitrogens with zero attached hydrogens (tertiary/aromatic N) is 2. The number of thioether (sulfide) groups is 1. The van der Waals surface area contributed by atoms with E-state index in [1.165, 1.54) is 16.7 Å². The number of carbonyl (C=O) groups is 2. The van der Waals surface area contributed by atoms with Gasteiger partial charge in [0.15, 0.2) is 18.9 Å². The number of aromatic nitrogens is 1. The highest BCUT2D eigenvalue weighted by Gasteiger charge is 2.52. The molecule has 0 radical (unpaired) electrons. The lowest BCUT2D eigenvalue weighted by Crippen LogP contribution is -2.68. The van der Waals surface area contributed by atoms with Gasteiger partial charge in [-0.2, -0.15) is 0 Å². The van der Waals surface area contributed by atoms with E-state index < -0.39 is 12.0 Å². The van der Waals surface area contributed by atoms with Gasteiger partial charge in [0.1, 0.15) is 17.1 Å². The Morgan fingerprint density at radius 2 is 2.38 bits per heavy atom. The van der Waals surface area contributed by atoms with E-state index in [0.29, 0.717) is 12.3 Å². The van der Waals surface area contributed by atoms with Crippen molar-refractivity contribution >= 4 is 23.6 Å². The van der Waals surface area contributed by atoms with Crippen molar-refractivity contribution in [2.24, 2.45) is 5.73 Å². The van der Waals surface area contributed by atoms with Crippen LogP contribution in [0.2, 0.25) is 0 Å². The molecule has 3 N–H and O–H groups in total. The minimum absolute atomic E-state index is 0.0967.